The summed E-state index contributed by atoms with van der Waals surface area (Å²) >= 11 is 0. The molecule has 30 heavy (non-hydrogen) atoms. The normalized spacial score (nSPS) is 19.1. The average Bonchev–Trinajstić information content (AvgIpc) is 3.32. The summed E-state index contributed by atoms with van der Waals surface area (Å²) in [5.41, 5.74) is 1.32. The Morgan fingerprint density at radius 2 is 1.73 bits per heavy atom. The van der Waals surface area contributed by atoms with Crippen molar-refractivity contribution in [2.24, 2.45) is 4.99 Å². The maximum atomic E-state index is 12.4. The first-order valence-electron chi connectivity index (χ1n) is 11.2. The van der Waals surface area contributed by atoms with Gasteiger partial charge in [0.15, 0.2) is 5.96 Å². The van der Waals surface area contributed by atoms with Crippen LogP contribution < -0.4 is 10.1 Å². The molecule has 1 aromatic carbocycles. The number of rotatable bonds is 7. The van der Waals surface area contributed by atoms with Gasteiger partial charge < -0.3 is 19.9 Å². The number of likely N-dealkylation sites (tertiary alicyclic amines) is 1. The first-order chi connectivity index (χ1) is 14.6. The Kier molecular flexibility index (Phi) is 8.37. The molecule has 3 rings (SSSR count). The minimum Gasteiger partial charge on any atom is -0.497 e. The second-order valence-electron chi connectivity index (χ2n) is 8.29. The maximum absolute atomic E-state index is 12.4. The van der Waals surface area contributed by atoms with Gasteiger partial charge in [0.2, 0.25) is 5.91 Å². The van der Waals surface area contributed by atoms with Crippen molar-refractivity contribution in [3.8, 4) is 5.75 Å². The molecule has 0 saturated carbocycles. The molecule has 2 saturated heterocycles. The van der Waals surface area contributed by atoms with Gasteiger partial charge in [-0.3, -0.25) is 14.7 Å². The number of ether oxygens (including phenoxy) is 1. The quantitative estimate of drug-likeness (QED) is 0.545. The highest BCUT2D eigenvalue weighted by Gasteiger charge is 2.24. The van der Waals surface area contributed by atoms with Gasteiger partial charge in [-0.05, 0) is 42.9 Å². The molecular weight excluding hydrogens is 378 g/mol. The minimum absolute atomic E-state index is 0.288. The lowest BCUT2D eigenvalue weighted by atomic mass is 9.98. The van der Waals surface area contributed by atoms with Crippen LogP contribution in [0.4, 0.5) is 0 Å². The monoisotopic (exact) mass is 415 g/mol. The summed E-state index contributed by atoms with van der Waals surface area (Å²) in [4.78, 5) is 23.4. The summed E-state index contributed by atoms with van der Waals surface area (Å²) in [6.45, 7) is 9.18. The summed E-state index contributed by atoms with van der Waals surface area (Å²) < 4.78 is 5.24. The third-order valence-corrected chi connectivity index (χ3v) is 6.25. The number of nitrogens with one attached hydrogen (secondary N) is 1. The molecule has 166 valence electrons. The van der Waals surface area contributed by atoms with Crippen LogP contribution in [0.2, 0.25) is 0 Å². The van der Waals surface area contributed by atoms with Crippen LogP contribution in [-0.2, 0) is 4.79 Å². The molecule has 1 amide bonds. The molecule has 2 fully saturated rings. The van der Waals surface area contributed by atoms with E-state index in [9.17, 15) is 4.79 Å². The van der Waals surface area contributed by atoms with Gasteiger partial charge in [0.1, 0.15) is 5.75 Å². The van der Waals surface area contributed by atoms with Crippen molar-refractivity contribution in [3.63, 3.8) is 0 Å². The molecular formula is C23H37N5O2. The van der Waals surface area contributed by atoms with Crippen molar-refractivity contribution < 1.29 is 9.53 Å². The van der Waals surface area contributed by atoms with Crippen molar-refractivity contribution in [2.75, 3.05) is 66.5 Å². The Bertz CT molecular complexity index is 692. The van der Waals surface area contributed by atoms with Crippen molar-refractivity contribution >= 4 is 11.9 Å². The molecule has 2 aliphatic heterocycles. The smallest absolute Gasteiger partial charge is 0.236 e. The topological polar surface area (TPSA) is 60.4 Å². The van der Waals surface area contributed by atoms with E-state index in [1.165, 1.54) is 5.56 Å². The van der Waals surface area contributed by atoms with Gasteiger partial charge in [-0.2, -0.15) is 0 Å². The zero-order valence-electron chi connectivity index (χ0n) is 18.8. The number of hydrogen-bond acceptors (Lipinski definition) is 4. The van der Waals surface area contributed by atoms with Crippen LogP contribution in [-0.4, -0.2) is 93.1 Å². The molecule has 0 radical (unpaired) electrons. The lowest BCUT2D eigenvalue weighted by Crippen LogP contribution is -2.54. The van der Waals surface area contributed by atoms with Crippen LogP contribution >= 0.6 is 0 Å². The predicted octanol–water partition coefficient (Wildman–Crippen LogP) is 2.00. The molecule has 1 unspecified atom stereocenters. The van der Waals surface area contributed by atoms with Gasteiger partial charge in [0.25, 0.3) is 0 Å². The fourth-order valence-corrected chi connectivity index (χ4v) is 4.21. The number of methoxy groups -OCH3 is 1. The Labute approximate surface area is 181 Å². The molecule has 0 aliphatic carbocycles. The molecule has 1 N–H and O–H groups in total. The molecule has 0 bridgehead atoms. The third kappa shape index (κ3) is 6.11. The van der Waals surface area contributed by atoms with Crippen LogP contribution in [0.15, 0.2) is 29.3 Å². The molecule has 0 aromatic heterocycles. The Morgan fingerprint density at radius 3 is 2.33 bits per heavy atom. The minimum atomic E-state index is 0.288. The van der Waals surface area contributed by atoms with Gasteiger partial charge >= 0.3 is 0 Å². The number of nitrogens with zero attached hydrogens (tertiary/aromatic N) is 4. The van der Waals surface area contributed by atoms with Crippen LogP contribution in [0.1, 0.15) is 37.7 Å². The predicted molar refractivity (Wildman–Crippen MR) is 121 cm³/mol. The van der Waals surface area contributed by atoms with Gasteiger partial charge in [-0.1, -0.05) is 19.1 Å². The zero-order valence-corrected chi connectivity index (χ0v) is 18.8. The van der Waals surface area contributed by atoms with E-state index in [0.29, 0.717) is 12.5 Å². The van der Waals surface area contributed by atoms with Crippen molar-refractivity contribution in [3.05, 3.63) is 29.8 Å². The van der Waals surface area contributed by atoms with Crippen molar-refractivity contribution in [2.45, 2.75) is 32.1 Å². The Morgan fingerprint density at radius 1 is 1.07 bits per heavy atom. The number of carbonyl (C=O) groups excluding carboxylic acids is 1. The van der Waals surface area contributed by atoms with E-state index in [1.807, 2.05) is 24.1 Å². The van der Waals surface area contributed by atoms with Crippen LogP contribution in [0.25, 0.3) is 0 Å². The number of hydrogen-bond donors (Lipinski definition) is 1. The summed E-state index contributed by atoms with van der Waals surface area (Å²) in [6, 6.07) is 8.32. The number of carbonyl (C=O) groups is 1. The lowest BCUT2D eigenvalue weighted by molar-refractivity contribution is -0.131. The SMILES string of the molecule is CN=C(NCCC(C)c1ccc(OC)cc1)N1CCN(CC(=O)N2CCCC2)CC1. The molecule has 7 nitrogen and oxygen atoms in total. The zero-order chi connectivity index (χ0) is 21.3. The van der Waals surface area contributed by atoms with Crippen molar-refractivity contribution in [1.82, 2.24) is 20.0 Å². The van der Waals surface area contributed by atoms with E-state index in [2.05, 4.69) is 39.2 Å². The summed E-state index contributed by atoms with van der Waals surface area (Å²) in [6.07, 6.45) is 3.34. The largest absolute Gasteiger partial charge is 0.497 e. The molecule has 1 atom stereocenters. The molecule has 2 aliphatic rings. The van der Waals surface area contributed by atoms with E-state index < -0.39 is 0 Å². The standard InChI is InChI=1S/C23H37N5O2/c1-19(20-6-8-21(30-3)9-7-20)10-11-25-23(24-2)28-16-14-26(15-17-28)18-22(29)27-12-4-5-13-27/h6-9,19H,4-5,10-18H2,1-3H3,(H,24,25). The Balaban J connectivity index is 1.38. The average molecular weight is 416 g/mol. The second-order valence-corrected chi connectivity index (χ2v) is 8.29. The van der Waals surface area contributed by atoms with Crippen LogP contribution in [0.3, 0.4) is 0 Å². The van der Waals surface area contributed by atoms with E-state index >= 15 is 0 Å². The van der Waals surface area contributed by atoms with E-state index in [4.69, 9.17) is 4.74 Å². The molecule has 2 heterocycles. The summed E-state index contributed by atoms with van der Waals surface area (Å²) in [5, 5.41) is 3.52. The molecule has 7 heteroatoms. The lowest BCUT2D eigenvalue weighted by Gasteiger charge is -2.36. The van der Waals surface area contributed by atoms with Gasteiger partial charge in [-0.25, -0.2) is 0 Å². The highest BCUT2D eigenvalue weighted by molar-refractivity contribution is 5.80. The van der Waals surface area contributed by atoms with E-state index in [-0.39, 0.29) is 5.91 Å². The number of benzene rings is 1. The summed E-state index contributed by atoms with van der Waals surface area (Å²) in [7, 11) is 3.54. The van der Waals surface area contributed by atoms with Gasteiger partial charge in [0, 0.05) is 52.9 Å². The van der Waals surface area contributed by atoms with Gasteiger partial charge in [-0.15, -0.1) is 0 Å². The number of guanidine groups is 1. The van der Waals surface area contributed by atoms with Gasteiger partial charge in [0.05, 0.1) is 13.7 Å². The van der Waals surface area contributed by atoms with E-state index in [0.717, 1.165) is 76.8 Å². The fourth-order valence-electron chi connectivity index (χ4n) is 4.21. The van der Waals surface area contributed by atoms with E-state index in [1.54, 1.807) is 7.11 Å². The number of aliphatic imine (C=N–C) groups is 1. The Hall–Kier alpha value is -2.28. The van der Waals surface area contributed by atoms with Crippen LogP contribution in [0, 0.1) is 0 Å². The molecule has 1 aromatic rings. The number of amides is 1. The number of piperazine rings is 1. The summed E-state index contributed by atoms with van der Waals surface area (Å²) in [5.74, 6) is 2.61. The first-order valence-corrected chi connectivity index (χ1v) is 11.2. The third-order valence-electron chi connectivity index (χ3n) is 6.25. The maximum Gasteiger partial charge on any atom is 0.236 e. The first kappa shape index (κ1) is 22.4. The second kappa shape index (κ2) is 11.2. The highest BCUT2D eigenvalue weighted by atomic mass is 16.5. The van der Waals surface area contributed by atoms with Crippen LogP contribution in [0.5, 0.6) is 5.75 Å². The molecule has 0 spiro atoms. The fraction of sp³-hybridized carbons (Fsp3) is 0.652. The highest BCUT2D eigenvalue weighted by Crippen LogP contribution is 2.21. The van der Waals surface area contributed by atoms with Crippen molar-refractivity contribution in [1.29, 1.82) is 0 Å².